The molecule has 1 aliphatic heterocycles. The smallest absolute Gasteiger partial charge is 0.419 e. The SMILES string of the molecule is C=C1N(C(=O)OC(C)(C)C)c2ccccc2C12CCc1c(c3ccccc3n1C(=O)OC(C)(C)C)C2. The highest BCUT2D eigenvalue weighted by molar-refractivity contribution is 5.98. The maximum Gasteiger partial charge on any atom is 0.419 e. The van der Waals surface area contributed by atoms with Crippen molar-refractivity contribution < 1.29 is 19.1 Å². The maximum atomic E-state index is 13.3. The number of amides is 1. The number of aromatic nitrogens is 1. The van der Waals surface area contributed by atoms with Gasteiger partial charge in [-0.2, -0.15) is 0 Å². The quantitative estimate of drug-likeness (QED) is 0.339. The number of hydrogen-bond donors (Lipinski definition) is 0. The summed E-state index contributed by atoms with van der Waals surface area (Å²) >= 11 is 0. The zero-order valence-corrected chi connectivity index (χ0v) is 22.0. The van der Waals surface area contributed by atoms with E-state index in [9.17, 15) is 9.59 Å². The van der Waals surface area contributed by atoms with E-state index in [-0.39, 0.29) is 6.09 Å². The largest absolute Gasteiger partial charge is 0.443 e. The highest BCUT2D eigenvalue weighted by Gasteiger charge is 2.51. The van der Waals surface area contributed by atoms with Gasteiger partial charge < -0.3 is 9.47 Å². The summed E-state index contributed by atoms with van der Waals surface area (Å²) < 4.78 is 13.3. The number of anilines is 1. The molecule has 1 spiro atoms. The van der Waals surface area contributed by atoms with E-state index in [1.807, 2.05) is 77.9 Å². The highest BCUT2D eigenvalue weighted by Crippen LogP contribution is 2.55. The first-order valence-corrected chi connectivity index (χ1v) is 12.5. The molecule has 188 valence electrons. The van der Waals surface area contributed by atoms with E-state index in [2.05, 4.69) is 18.7 Å². The summed E-state index contributed by atoms with van der Waals surface area (Å²) in [5, 5.41) is 1.03. The molecule has 6 heteroatoms. The number of carbonyl (C=O) groups is 2. The number of fused-ring (bicyclic) bond motifs is 5. The molecular formula is C30H34N2O4. The van der Waals surface area contributed by atoms with Crippen LogP contribution in [0.1, 0.15) is 64.8 Å². The molecule has 6 nitrogen and oxygen atoms in total. The Morgan fingerprint density at radius 3 is 2.19 bits per heavy atom. The second-order valence-corrected chi connectivity index (χ2v) is 11.8. The number of carbonyl (C=O) groups excluding carboxylic acids is 2. The lowest BCUT2D eigenvalue weighted by Gasteiger charge is -2.36. The van der Waals surface area contributed by atoms with Gasteiger partial charge in [0, 0.05) is 22.2 Å². The molecule has 1 atom stereocenters. The first-order chi connectivity index (χ1) is 16.8. The molecule has 0 fully saturated rings. The van der Waals surface area contributed by atoms with E-state index < -0.39 is 22.7 Å². The molecular weight excluding hydrogens is 452 g/mol. The molecule has 1 aliphatic carbocycles. The van der Waals surface area contributed by atoms with E-state index in [4.69, 9.17) is 9.47 Å². The van der Waals surface area contributed by atoms with Crippen LogP contribution in [-0.4, -0.2) is 28.0 Å². The van der Waals surface area contributed by atoms with Gasteiger partial charge in [0.25, 0.3) is 0 Å². The summed E-state index contributed by atoms with van der Waals surface area (Å²) in [5.74, 6) is 0. The van der Waals surface area contributed by atoms with Gasteiger partial charge in [-0.25, -0.2) is 19.1 Å². The average molecular weight is 487 g/mol. The lowest BCUT2D eigenvalue weighted by Crippen LogP contribution is -2.40. The van der Waals surface area contributed by atoms with Crippen molar-refractivity contribution in [3.63, 3.8) is 0 Å². The van der Waals surface area contributed by atoms with Crippen LogP contribution >= 0.6 is 0 Å². The first-order valence-electron chi connectivity index (χ1n) is 12.5. The molecule has 0 saturated carbocycles. The molecule has 0 bridgehead atoms. The molecule has 2 aliphatic rings. The maximum absolute atomic E-state index is 13.3. The van der Waals surface area contributed by atoms with Crippen LogP contribution in [0.5, 0.6) is 0 Å². The van der Waals surface area contributed by atoms with Gasteiger partial charge in [0.15, 0.2) is 0 Å². The monoisotopic (exact) mass is 486 g/mol. The van der Waals surface area contributed by atoms with Crippen molar-refractivity contribution in [1.82, 2.24) is 4.57 Å². The fourth-order valence-corrected chi connectivity index (χ4v) is 5.64. The van der Waals surface area contributed by atoms with Gasteiger partial charge in [0.1, 0.15) is 11.2 Å². The summed E-state index contributed by atoms with van der Waals surface area (Å²) in [5.41, 5.74) is 3.83. The number of para-hydroxylation sites is 2. The van der Waals surface area contributed by atoms with Crippen LogP contribution in [0.3, 0.4) is 0 Å². The fraction of sp³-hybridized carbons (Fsp3) is 0.400. The molecule has 2 aromatic carbocycles. The predicted molar refractivity (Wildman–Crippen MR) is 142 cm³/mol. The predicted octanol–water partition coefficient (Wildman–Crippen LogP) is 7.12. The Morgan fingerprint density at radius 2 is 1.50 bits per heavy atom. The molecule has 1 amide bonds. The molecule has 3 aromatic rings. The molecule has 5 rings (SSSR count). The summed E-state index contributed by atoms with van der Waals surface area (Å²) in [7, 11) is 0. The number of benzene rings is 2. The fourth-order valence-electron chi connectivity index (χ4n) is 5.64. The van der Waals surface area contributed by atoms with Gasteiger partial charge in [0.05, 0.1) is 11.2 Å². The normalized spacial score (nSPS) is 19.4. The Hall–Kier alpha value is -3.54. The van der Waals surface area contributed by atoms with E-state index >= 15 is 0 Å². The van der Waals surface area contributed by atoms with Crippen LogP contribution in [0.15, 0.2) is 60.8 Å². The molecule has 0 saturated heterocycles. The second-order valence-electron chi connectivity index (χ2n) is 11.8. The Morgan fingerprint density at radius 1 is 0.889 bits per heavy atom. The van der Waals surface area contributed by atoms with Gasteiger partial charge in [-0.1, -0.05) is 43.0 Å². The van der Waals surface area contributed by atoms with Crippen LogP contribution in [0.2, 0.25) is 0 Å². The molecule has 0 radical (unpaired) electrons. The molecule has 1 unspecified atom stereocenters. The minimum Gasteiger partial charge on any atom is -0.443 e. The second kappa shape index (κ2) is 7.99. The van der Waals surface area contributed by atoms with Crippen molar-refractivity contribution in [2.75, 3.05) is 4.90 Å². The van der Waals surface area contributed by atoms with Crippen LogP contribution in [0.25, 0.3) is 10.9 Å². The van der Waals surface area contributed by atoms with Gasteiger partial charge >= 0.3 is 12.2 Å². The molecule has 0 N–H and O–H groups in total. The number of ether oxygens (including phenoxy) is 2. The zero-order chi connectivity index (χ0) is 26.0. The third-order valence-electron chi connectivity index (χ3n) is 6.99. The zero-order valence-electron chi connectivity index (χ0n) is 22.0. The number of rotatable bonds is 0. The molecule has 36 heavy (non-hydrogen) atoms. The van der Waals surface area contributed by atoms with E-state index in [1.54, 1.807) is 9.47 Å². The van der Waals surface area contributed by atoms with Crippen molar-refractivity contribution >= 4 is 28.8 Å². The van der Waals surface area contributed by atoms with Crippen LogP contribution in [0.4, 0.5) is 15.3 Å². The molecule has 2 heterocycles. The van der Waals surface area contributed by atoms with Crippen molar-refractivity contribution in [3.8, 4) is 0 Å². The van der Waals surface area contributed by atoms with Crippen LogP contribution < -0.4 is 4.90 Å². The Labute approximate surface area is 212 Å². The van der Waals surface area contributed by atoms with Crippen molar-refractivity contribution in [3.05, 3.63) is 77.6 Å². The Kier molecular flexibility index (Phi) is 5.36. The van der Waals surface area contributed by atoms with Gasteiger partial charge in [-0.05, 0) is 84.1 Å². The summed E-state index contributed by atoms with van der Waals surface area (Å²) in [6.45, 7) is 15.7. The third kappa shape index (κ3) is 3.80. The average Bonchev–Trinajstić information content (AvgIpc) is 3.22. The van der Waals surface area contributed by atoms with Gasteiger partial charge in [0.2, 0.25) is 0 Å². The summed E-state index contributed by atoms with van der Waals surface area (Å²) in [6.07, 6.45) is 1.22. The molecule has 1 aromatic heterocycles. The highest BCUT2D eigenvalue weighted by atomic mass is 16.6. The summed E-state index contributed by atoms with van der Waals surface area (Å²) in [6, 6.07) is 15.9. The van der Waals surface area contributed by atoms with Crippen LogP contribution in [-0.2, 0) is 27.7 Å². The number of hydrogen-bond acceptors (Lipinski definition) is 4. The van der Waals surface area contributed by atoms with Crippen LogP contribution in [0, 0.1) is 0 Å². The third-order valence-corrected chi connectivity index (χ3v) is 6.99. The first kappa shape index (κ1) is 24.2. The topological polar surface area (TPSA) is 60.8 Å². The Balaban J connectivity index is 1.63. The van der Waals surface area contributed by atoms with E-state index in [0.29, 0.717) is 19.3 Å². The minimum absolute atomic E-state index is 0.364. The van der Waals surface area contributed by atoms with Crippen molar-refractivity contribution in [1.29, 1.82) is 0 Å². The van der Waals surface area contributed by atoms with Crippen molar-refractivity contribution in [2.45, 2.75) is 77.4 Å². The standard InChI is InChI=1S/C30H34N2O4/c1-19-30(22-13-9-11-15-25(22)31(19)26(33)35-28(2,3)4)17-16-24-21(18-30)20-12-8-10-14-23(20)32(24)27(34)36-29(5,6)7/h8-15H,1,16-18H2,2-7H3. The summed E-state index contributed by atoms with van der Waals surface area (Å²) in [4.78, 5) is 28.3. The van der Waals surface area contributed by atoms with Gasteiger partial charge in [-0.3, -0.25) is 0 Å². The van der Waals surface area contributed by atoms with Gasteiger partial charge in [-0.15, -0.1) is 0 Å². The lowest BCUT2D eigenvalue weighted by molar-refractivity contribution is 0.0537. The number of allylic oxidation sites excluding steroid dienone is 1. The lowest BCUT2D eigenvalue weighted by atomic mass is 9.68. The van der Waals surface area contributed by atoms with E-state index in [0.717, 1.165) is 39.1 Å². The minimum atomic E-state index is -0.622. The van der Waals surface area contributed by atoms with Crippen molar-refractivity contribution in [2.24, 2.45) is 0 Å². The Bertz CT molecular complexity index is 1400. The number of nitrogens with zero attached hydrogens (tertiary/aromatic N) is 2. The van der Waals surface area contributed by atoms with E-state index in [1.165, 1.54) is 0 Å².